The van der Waals surface area contributed by atoms with Crippen molar-refractivity contribution in [2.45, 2.75) is 32.5 Å². The lowest BCUT2D eigenvalue weighted by molar-refractivity contribution is -0.137. The summed E-state index contributed by atoms with van der Waals surface area (Å²) in [5.74, 6) is -0.231. The number of amides is 1. The fraction of sp³-hybridized carbons (Fsp3) is 0.381. The van der Waals surface area contributed by atoms with Crippen LogP contribution in [0.25, 0.3) is 0 Å². The largest absolute Gasteiger partial charge is 0.416 e. The van der Waals surface area contributed by atoms with Crippen molar-refractivity contribution in [3.05, 3.63) is 65.2 Å². The van der Waals surface area contributed by atoms with Crippen molar-refractivity contribution < 1.29 is 18.0 Å². The Kier molecular flexibility index (Phi) is 5.85. The Morgan fingerprint density at radius 3 is 2.30 bits per heavy atom. The van der Waals surface area contributed by atoms with Crippen LogP contribution >= 0.6 is 0 Å². The van der Waals surface area contributed by atoms with E-state index in [1.54, 1.807) is 0 Å². The third kappa shape index (κ3) is 5.10. The number of hydrogen-bond acceptors (Lipinski definition) is 2. The highest BCUT2D eigenvalue weighted by molar-refractivity contribution is 5.92. The first-order valence-electron chi connectivity index (χ1n) is 9.08. The molecule has 0 bridgehead atoms. The van der Waals surface area contributed by atoms with E-state index in [2.05, 4.69) is 29.3 Å². The lowest BCUT2D eigenvalue weighted by Gasteiger charge is -2.31. The van der Waals surface area contributed by atoms with Gasteiger partial charge in [0.25, 0.3) is 0 Å². The molecule has 2 aromatic carbocycles. The molecule has 0 saturated carbocycles. The van der Waals surface area contributed by atoms with Gasteiger partial charge in [-0.15, -0.1) is 0 Å². The molecule has 3 rings (SSSR count). The van der Waals surface area contributed by atoms with Gasteiger partial charge in [0.2, 0.25) is 5.91 Å². The van der Waals surface area contributed by atoms with Crippen LogP contribution in [-0.4, -0.2) is 23.9 Å². The highest BCUT2D eigenvalue weighted by Crippen LogP contribution is 2.30. The van der Waals surface area contributed by atoms with Gasteiger partial charge in [-0.3, -0.25) is 9.69 Å². The summed E-state index contributed by atoms with van der Waals surface area (Å²) in [7, 11) is 0. The zero-order valence-electron chi connectivity index (χ0n) is 15.2. The van der Waals surface area contributed by atoms with E-state index in [0.717, 1.165) is 44.6 Å². The number of nitrogens with zero attached hydrogens (tertiary/aromatic N) is 1. The molecule has 0 spiro atoms. The molecule has 2 aromatic rings. The number of halogens is 3. The summed E-state index contributed by atoms with van der Waals surface area (Å²) >= 11 is 0. The molecule has 144 valence electrons. The van der Waals surface area contributed by atoms with E-state index in [4.69, 9.17) is 0 Å². The van der Waals surface area contributed by atoms with Crippen molar-refractivity contribution in [1.29, 1.82) is 0 Å². The molecular formula is C21H23F3N2O. The highest BCUT2D eigenvalue weighted by Gasteiger charge is 2.30. The summed E-state index contributed by atoms with van der Waals surface area (Å²) < 4.78 is 37.8. The van der Waals surface area contributed by atoms with Crippen LogP contribution in [0.4, 0.5) is 18.9 Å². The Morgan fingerprint density at radius 2 is 1.70 bits per heavy atom. The second-order valence-electron chi connectivity index (χ2n) is 7.04. The SMILES string of the molecule is Cc1ccccc1CN1CCC(C(=O)Nc2ccc(C(F)(F)F)cc2)CC1. The second-order valence-corrected chi connectivity index (χ2v) is 7.04. The van der Waals surface area contributed by atoms with Crippen LogP contribution in [0, 0.1) is 12.8 Å². The molecule has 1 aliphatic heterocycles. The summed E-state index contributed by atoms with van der Waals surface area (Å²) in [5.41, 5.74) is 2.24. The van der Waals surface area contributed by atoms with E-state index in [9.17, 15) is 18.0 Å². The second kappa shape index (κ2) is 8.13. The standard InChI is InChI=1S/C21H23F3N2O/c1-15-4-2-3-5-17(15)14-26-12-10-16(11-13-26)20(27)25-19-8-6-18(7-9-19)21(22,23)24/h2-9,16H,10-14H2,1H3,(H,25,27). The quantitative estimate of drug-likeness (QED) is 0.826. The minimum absolute atomic E-state index is 0.111. The average Bonchev–Trinajstić information content (AvgIpc) is 2.64. The van der Waals surface area contributed by atoms with Crippen LogP contribution in [0.3, 0.4) is 0 Å². The molecule has 1 aliphatic rings. The van der Waals surface area contributed by atoms with Gasteiger partial charge in [0.15, 0.2) is 0 Å². The number of piperidine rings is 1. The van der Waals surface area contributed by atoms with Crippen molar-refractivity contribution in [1.82, 2.24) is 4.90 Å². The first kappa shape index (κ1) is 19.4. The van der Waals surface area contributed by atoms with E-state index in [0.29, 0.717) is 5.69 Å². The third-order valence-corrected chi connectivity index (χ3v) is 5.09. The molecule has 1 N–H and O–H groups in total. The van der Waals surface area contributed by atoms with Gasteiger partial charge >= 0.3 is 6.18 Å². The Morgan fingerprint density at radius 1 is 1.07 bits per heavy atom. The zero-order chi connectivity index (χ0) is 19.4. The van der Waals surface area contributed by atoms with Crippen molar-refractivity contribution in [3.8, 4) is 0 Å². The van der Waals surface area contributed by atoms with Gasteiger partial charge in [-0.05, 0) is 68.2 Å². The van der Waals surface area contributed by atoms with Crippen molar-refractivity contribution in [2.75, 3.05) is 18.4 Å². The normalized spacial score (nSPS) is 16.3. The fourth-order valence-corrected chi connectivity index (χ4v) is 3.37. The summed E-state index contributed by atoms with van der Waals surface area (Å²) in [6.45, 7) is 4.64. The number of carbonyl (C=O) groups excluding carboxylic acids is 1. The Hall–Kier alpha value is -2.34. The van der Waals surface area contributed by atoms with Crippen LogP contribution in [0.1, 0.15) is 29.5 Å². The number of anilines is 1. The summed E-state index contributed by atoms with van der Waals surface area (Å²) in [6, 6.07) is 12.9. The van der Waals surface area contributed by atoms with Crippen LogP contribution in [0.5, 0.6) is 0 Å². The third-order valence-electron chi connectivity index (χ3n) is 5.09. The highest BCUT2D eigenvalue weighted by atomic mass is 19.4. The van der Waals surface area contributed by atoms with Crippen molar-refractivity contribution >= 4 is 11.6 Å². The molecule has 0 aliphatic carbocycles. The maximum Gasteiger partial charge on any atom is 0.416 e. The van der Waals surface area contributed by atoms with Gasteiger partial charge in [-0.1, -0.05) is 24.3 Å². The van der Waals surface area contributed by atoms with Crippen LogP contribution in [0.15, 0.2) is 48.5 Å². The Bertz CT molecular complexity index is 779. The van der Waals surface area contributed by atoms with Gasteiger partial charge in [-0.2, -0.15) is 13.2 Å². The number of likely N-dealkylation sites (tertiary alicyclic amines) is 1. The monoisotopic (exact) mass is 376 g/mol. The molecule has 1 amide bonds. The molecular weight excluding hydrogens is 353 g/mol. The number of alkyl halides is 3. The topological polar surface area (TPSA) is 32.3 Å². The molecule has 6 heteroatoms. The first-order valence-corrected chi connectivity index (χ1v) is 9.08. The smallest absolute Gasteiger partial charge is 0.326 e. The van der Waals surface area contributed by atoms with Crippen LogP contribution in [-0.2, 0) is 17.5 Å². The predicted octanol–water partition coefficient (Wildman–Crippen LogP) is 4.86. The predicted molar refractivity (Wildman–Crippen MR) is 99.3 cm³/mol. The van der Waals surface area contributed by atoms with E-state index < -0.39 is 11.7 Å². The molecule has 3 nitrogen and oxygen atoms in total. The maximum absolute atomic E-state index is 12.6. The maximum atomic E-state index is 12.6. The minimum Gasteiger partial charge on any atom is -0.326 e. The summed E-state index contributed by atoms with van der Waals surface area (Å²) in [4.78, 5) is 14.8. The number of nitrogens with one attached hydrogen (secondary N) is 1. The first-order chi connectivity index (χ1) is 12.8. The molecule has 1 saturated heterocycles. The number of aryl methyl sites for hydroxylation is 1. The molecule has 0 radical (unpaired) electrons. The van der Waals surface area contributed by atoms with Crippen LogP contribution < -0.4 is 5.32 Å². The molecule has 0 aromatic heterocycles. The minimum atomic E-state index is -4.37. The van der Waals surface area contributed by atoms with Gasteiger partial charge in [-0.25, -0.2) is 0 Å². The van der Waals surface area contributed by atoms with Crippen molar-refractivity contribution in [2.24, 2.45) is 5.92 Å². The molecule has 0 atom stereocenters. The lowest BCUT2D eigenvalue weighted by atomic mass is 9.95. The molecule has 1 fully saturated rings. The van der Waals surface area contributed by atoms with Gasteiger partial charge in [0.05, 0.1) is 5.56 Å². The zero-order valence-corrected chi connectivity index (χ0v) is 15.2. The summed E-state index contributed by atoms with van der Waals surface area (Å²) in [5, 5.41) is 2.74. The number of benzene rings is 2. The van der Waals surface area contributed by atoms with Crippen LogP contribution in [0.2, 0.25) is 0 Å². The molecule has 1 heterocycles. The molecule has 27 heavy (non-hydrogen) atoms. The van der Waals surface area contributed by atoms with Gasteiger partial charge < -0.3 is 5.32 Å². The van der Waals surface area contributed by atoms with Gasteiger partial charge in [0, 0.05) is 18.2 Å². The Labute approximate surface area is 157 Å². The van der Waals surface area contributed by atoms with Crippen molar-refractivity contribution in [3.63, 3.8) is 0 Å². The van der Waals surface area contributed by atoms with Gasteiger partial charge in [0.1, 0.15) is 0 Å². The lowest BCUT2D eigenvalue weighted by Crippen LogP contribution is -2.37. The van der Waals surface area contributed by atoms with E-state index in [1.165, 1.54) is 23.3 Å². The summed E-state index contributed by atoms with van der Waals surface area (Å²) in [6.07, 6.45) is -2.87. The molecule has 0 unspecified atom stereocenters. The fourth-order valence-electron chi connectivity index (χ4n) is 3.37. The number of rotatable bonds is 4. The average molecular weight is 376 g/mol. The number of hydrogen-bond donors (Lipinski definition) is 1. The van der Waals surface area contributed by atoms with E-state index in [-0.39, 0.29) is 11.8 Å². The van der Waals surface area contributed by atoms with E-state index in [1.807, 2.05) is 12.1 Å². The Balaban J connectivity index is 1.50. The van der Waals surface area contributed by atoms with E-state index >= 15 is 0 Å². The number of carbonyl (C=O) groups is 1.